The largest absolute Gasteiger partial charge is 0.491 e. The molecule has 0 unspecified atom stereocenters. The van der Waals surface area contributed by atoms with Gasteiger partial charge in [0.1, 0.15) is 18.1 Å². The van der Waals surface area contributed by atoms with Crippen molar-refractivity contribution in [3.05, 3.63) is 53.0 Å². The van der Waals surface area contributed by atoms with Crippen LogP contribution >= 0.6 is 0 Å². The van der Waals surface area contributed by atoms with Crippen molar-refractivity contribution in [1.82, 2.24) is 5.32 Å². The number of nitrogens with one attached hydrogen (secondary N) is 1. The fourth-order valence-electron chi connectivity index (χ4n) is 2.09. The Morgan fingerprint density at radius 3 is 2.85 bits per heavy atom. The van der Waals surface area contributed by atoms with E-state index in [0.717, 1.165) is 0 Å². The van der Waals surface area contributed by atoms with Crippen LogP contribution in [0.5, 0.6) is 5.75 Å². The van der Waals surface area contributed by atoms with Crippen LogP contribution in [0.3, 0.4) is 0 Å². The SMILES string of the molecule is Cc1ccc(C(=O)c2ccc3c(c2)C(=O)NCCO3)o1. The molecule has 1 N–H and O–H groups in total. The van der Waals surface area contributed by atoms with Crippen LogP contribution in [0.25, 0.3) is 0 Å². The van der Waals surface area contributed by atoms with Gasteiger partial charge in [0, 0.05) is 5.56 Å². The number of aryl methyl sites for hydroxylation is 1. The third-order valence-corrected chi connectivity index (χ3v) is 3.10. The van der Waals surface area contributed by atoms with Gasteiger partial charge in [-0.15, -0.1) is 0 Å². The van der Waals surface area contributed by atoms with E-state index in [9.17, 15) is 9.59 Å². The highest BCUT2D eigenvalue weighted by atomic mass is 16.5. The van der Waals surface area contributed by atoms with Crippen molar-refractivity contribution in [3.8, 4) is 5.75 Å². The van der Waals surface area contributed by atoms with Crippen molar-refractivity contribution in [2.45, 2.75) is 6.92 Å². The molecule has 0 aliphatic carbocycles. The van der Waals surface area contributed by atoms with E-state index in [2.05, 4.69) is 5.32 Å². The molecule has 3 rings (SSSR count). The Morgan fingerprint density at radius 2 is 2.10 bits per heavy atom. The highest BCUT2D eigenvalue weighted by molar-refractivity contribution is 6.09. The van der Waals surface area contributed by atoms with Crippen LogP contribution in [0.2, 0.25) is 0 Å². The number of amides is 1. The molecular formula is C15H13NO4. The van der Waals surface area contributed by atoms with Gasteiger partial charge in [-0.2, -0.15) is 0 Å². The van der Waals surface area contributed by atoms with Crippen molar-refractivity contribution in [2.24, 2.45) is 0 Å². The van der Waals surface area contributed by atoms with Crippen LogP contribution < -0.4 is 10.1 Å². The van der Waals surface area contributed by atoms with Crippen molar-refractivity contribution < 1.29 is 18.7 Å². The molecule has 1 aliphatic rings. The van der Waals surface area contributed by atoms with E-state index in [-0.39, 0.29) is 17.5 Å². The molecule has 102 valence electrons. The second-order valence-corrected chi connectivity index (χ2v) is 4.55. The third-order valence-electron chi connectivity index (χ3n) is 3.10. The molecule has 1 amide bonds. The van der Waals surface area contributed by atoms with Gasteiger partial charge in [-0.1, -0.05) is 0 Å². The lowest BCUT2D eigenvalue weighted by atomic mass is 10.0. The van der Waals surface area contributed by atoms with Gasteiger partial charge in [-0.25, -0.2) is 0 Å². The zero-order chi connectivity index (χ0) is 14.1. The lowest BCUT2D eigenvalue weighted by Gasteiger charge is -2.06. The summed E-state index contributed by atoms with van der Waals surface area (Å²) in [6, 6.07) is 8.17. The summed E-state index contributed by atoms with van der Waals surface area (Å²) in [5.41, 5.74) is 0.773. The molecule has 0 bridgehead atoms. The molecule has 0 atom stereocenters. The fourth-order valence-corrected chi connectivity index (χ4v) is 2.09. The molecule has 5 nitrogen and oxygen atoms in total. The average molecular weight is 271 g/mol. The first-order valence-corrected chi connectivity index (χ1v) is 6.31. The van der Waals surface area contributed by atoms with E-state index in [1.165, 1.54) is 6.07 Å². The van der Waals surface area contributed by atoms with E-state index in [1.54, 1.807) is 31.2 Å². The predicted octanol–water partition coefficient (Wildman–Crippen LogP) is 1.94. The number of hydrogen-bond donors (Lipinski definition) is 1. The second kappa shape index (κ2) is 4.85. The molecule has 0 spiro atoms. The molecule has 0 saturated heterocycles. The quantitative estimate of drug-likeness (QED) is 0.847. The van der Waals surface area contributed by atoms with Gasteiger partial charge in [0.2, 0.25) is 5.78 Å². The highest BCUT2D eigenvalue weighted by Crippen LogP contribution is 2.23. The summed E-state index contributed by atoms with van der Waals surface area (Å²) in [7, 11) is 0. The predicted molar refractivity (Wildman–Crippen MR) is 71.1 cm³/mol. The Balaban J connectivity index is 1.99. The molecule has 1 aliphatic heterocycles. The smallest absolute Gasteiger partial charge is 0.255 e. The lowest BCUT2D eigenvalue weighted by Crippen LogP contribution is -2.24. The van der Waals surface area contributed by atoms with Crippen LogP contribution in [0.1, 0.15) is 32.2 Å². The summed E-state index contributed by atoms with van der Waals surface area (Å²) in [6.07, 6.45) is 0. The van der Waals surface area contributed by atoms with E-state index in [0.29, 0.717) is 35.8 Å². The van der Waals surface area contributed by atoms with Gasteiger partial charge in [0.05, 0.1) is 12.1 Å². The summed E-state index contributed by atoms with van der Waals surface area (Å²) in [6.45, 7) is 2.65. The zero-order valence-corrected chi connectivity index (χ0v) is 10.9. The first kappa shape index (κ1) is 12.5. The van der Waals surface area contributed by atoms with Crippen LogP contribution in [-0.2, 0) is 0 Å². The van der Waals surface area contributed by atoms with E-state index >= 15 is 0 Å². The molecule has 1 aromatic carbocycles. The van der Waals surface area contributed by atoms with E-state index in [4.69, 9.17) is 9.15 Å². The maximum absolute atomic E-state index is 12.3. The van der Waals surface area contributed by atoms with Crippen LogP contribution in [-0.4, -0.2) is 24.8 Å². The summed E-state index contributed by atoms with van der Waals surface area (Å²) >= 11 is 0. The van der Waals surface area contributed by atoms with Gasteiger partial charge in [-0.3, -0.25) is 9.59 Å². The highest BCUT2D eigenvalue weighted by Gasteiger charge is 2.20. The summed E-state index contributed by atoms with van der Waals surface area (Å²) < 4.78 is 10.8. The number of carbonyl (C=O) groups excluding carboxylic acids is 2. The molecule has 2 aromatic rings. The topological polar surface area (TPSA) is 68.5 Å². The minimum Gasteiger partial charge on any atom is -0.491 e. The van der Waals surface area contributed by atoms with Gasteiger partial charge < -0.3 is 14.5 Å². The van der Waals surface area contributed by atoms with Crippen LogP contribution in [0, 0.1) is 6.92 Å². The molecule has 0 radical (unpaired) electrons. The molecule has 5 heteroatoms. The number of furan rings is 1. The minimum absolute atomic E-state index is 0.234. The van der Waals surface area contributed by atoms with Gasteiger partial charge in [0.15, 0.2) is 5.76 Å². The first-order valence-electron chi connectivity index (χ1n) is 6.31. The van der Waals surface area contributed by atoms with Gasteiger partial charge in [0.25, 0.3) is 5.91 Å². The Bertz CT molecular complexity index is 687. The third kappa shape index (κ3) is 2.18. The number of ketones is 1. The normalized spacial score (nSPS) is 13.9. The maximum atomic E-state index is 12.3. The monoisotopic (exact) mass is 271 g/mol. The lowest BCUT2D eigenvalue weighted by molar-refractivity contribution is 0.0957. The average Bonchev–Trinajstić information content (AvgIpc) is 2.80. The molecule has 0 fully saturated rings. The molecule has 2 heterocycles. The zero-order valence-electron chi connectivity index (χ0n) is 10.9. The van der Waals surface area contributed by atoms with Crippen LogP contribution in [0.15, 0.2) is 34.7 Å². The van der Waals surface area contributed by atoms with Crippen molar-refractivity contribution in [1.29, 1.82) is 0 Å². The number of rotatable bonds is 2. The number of ether oxygens (including phenoxy) is 1. The number of hydrogen-bond acceptors (Lipinski definition) is 4. The summed E-state index contributed by atoms with van der Waals surface area (Å²) in [4.78, 5) is 24.2. The summed E-state index contributed by atoms with van der Waals surface area (Å²) in [5, 5.41) is 2.71. The van der Waals surface area contributed by atoms with Gasteiger partial charge >= 0.3 is 0 Å². The Kier molecular flexibility index (Phi) is 3.02. The van der Waals surface area contributed by atoms with Crippen molar-refractivity contribution >= 4 is 11.7 Å². The number of benzene rings is 1. The fraction of sp³-hybridized carbons (Fsp3) is 0.200. The molecule has 20 heavy (non-hydrogen) atoms. The summed E-state index contributed by atoms with van der Waals surface area (Å²) in [5.74, 6) is 0.939. The van der Waals surface area contributed by atoms with Crippen molar-refractivity contribution in [3.63, 3.8) is 0 Å². The second-order valence-electron chi connectivity index (χ2n) is 4.55. The Hall–Kier alpha value is -2.56. The van der Waals surface area contributed by atoms with Crippen LogP contribution in [0.4, 0.5) is 0 Å². The molecule has 1 aromatic heterocycles. The maximum Gasteiger partial charge on any atom is 0.255 e. The van der Waals surface area contributed by atoms with Crippen molar-refractivity contribution in [2.75, 3.05) is 13.2 Å². The van der Waals surface area contributed by atoms with E-state index < -0.39 is 0 Å². The molecule has 0 saturated carbocycles. The van der Waals surface area contributed by atoms with Gasteiger partial charge in [-0.05, 0) is 37.3 Å². The first-order chi connectivity index (χ1) is 9.65. The minimum atomic E-state index is -0.252. The number of fused-ring (bicyclic) bond motifs is 1. The Labute approximate surface area is 115 Å². The molecular weight excluding hydrogens is 258 g/mol. The Morgan fingerprint density at radius 1 is 1.25 bits per heavy atom. The van der Waals surface area contributed by atoms with E-state index in [1.807, 2.05) is 0 Å². The standard InChI is InChI=1S/C15H13NO4/c1-9-2-4-13(20-9)14(17)10-3-5-12-11(8-10)15(18)16-6-7-19-12/h2-5,8H,6-7H2,1H3,(H,16,18). The number of carbonyl (C=O) groups is 2.